The number of hydrogen-bond donors (Lipinski definition) is 3. The lowest BCUT2D eigenvalue weighted by Gasteiger charge is -2.38. The van der Waals surface area contributed by atoms with Crippen molar-refractivity contribution in [1.82, 2.24) is 68.7 Å². The number of anilines is 4. The lowest BCUT2D eigenvalue weighted by atomic mass is 9.96. The van der Waals surface area contributed by atoms with Gasteiger partial charge in [0, 0.05) is 166 Å². The SMILES string of the molecule is C=CC(=O)Cl.C=CC(=O)N1CC(CCn2c(=O)ccc3cnc(Nc4cccc(CN5CCN(C(=O)N(C)C)CC5)c4)nc32)C1.CN(C)C(=O)N1CCN(Cc2cccc(Nc3ncc4ccc(=O)n(CCC5CNC5)c4n3)c2)CC1. The predicted molar refractivity (Wildman–Crippen MR) is 316 cm³/mol. The van der Waals surface area contributed by atoms with E-state index in [-0.39, 0.29) is 29.1 Å². The summed E-state index contributed by atoms with van der Waals surface area (Å²) >= 11 is 4.71. The van der Waals surface area contributed by atoms with Gasteiger partial charge in [-0.05, 0) is 109 Å². The molecule has 6 aromatic rings. The number of allylic oxidation sites excluding steroid dienone is 1. The molecule has 4 aliphatic rings. The van der Waals surface area contributed by atoms with Gasteiger partial charge in [-0.1, -0.05) is 37.4 Å². The van der Waals surface area contributed by atoms with E-state index in [1.807, 2.05) is 34.1 Å². The van der Waals surface area contributed by atoms with E-state index < -0.39 is 5.24 Å². The van der Waals surface area contributed by atoms with E-state index in [9.17, 15) is 28.8 Å². The summed E-state index contributed by atoms with van der Waals surface area (Å²) in [5, 5.41) is 11.0. The van der Waals surface area contributed by atoms with Gasteiger partial charge in [0.2, 0.25) is 23.0 Å². The first-order valence-corrected chi connectivity index (χ1v) is 27.7. The Hall–Kier alpha value is -8.05. The molecule has 3 N–H and O–H groups in total. The Morgan fingerprint density at radius 1 is 0.617 bits per heavy atom. The largest absolute Gasteiger partial charge is 0.338 e. The summed E-state index contributed by atoms with van der Waals surface area (Å²) in [7, 11) is 7.14. The number of nitrogens with zero attached hydrogens (tertiary/aromatic N) is 13. The number of pyridine rings is 2. The van der Waals surface area contributed by atoms with Crippen LogP contribution < -0.4 is 27.1 Å². The molecule has 0 aliphatic carbocycles. The summed E-state index contributed by atoms with van der Waals surface area (Å²) in [6, 6.07) is 23.2. The van der Waals surface area contributed by atoms with Crippen LogP contribution in [0.5, 0.6) is 0 Å². The molecule has 0 saturated carbocycles. The number of benzene rings is 2. The summed E-state index contributed by atoms with van der Waals surface area (Å²) in [5.41, 5.74) is 5.21. The van der Waals surface area contributed by atoms with E-state index >= 15 is 0 Å². The van der Waals surface area contributed by atoms with Crippen molar-refractivity contribution in [2.45, 2.75) is 39.0 Å². The summed E-state index contributed by atoms with van der Waals surface area (Å²) in [4.78, 5) is 103. The minimum Gasteiger partial charge on any atom is -0.338 e. The van der Waals surface area contributed by atoms with Crippen LogP contribution in [0.2, 0.25) is 0 Å². The van der Waals surface area contributed by atoms with Gasteiger partial charge in [-0.25, -0.2) is 19.6 Å². The van der Waals surface area contributed by atoms with E-state index in [1.54, 1.807) is 88.7 Å². The molecule has 0 radical (unpaired) electrons. The van der Waals surface area contributed by atoms with E-state index in [1.165, 1.54) is 11.6 Å². The van der Waals surface area contributed by atoms with Gasteiger partial charge >= 0.3 is 12.1 Å². The highest BCUT2D eigenvalue weighted by atomic mass is 35.5. The van der Waals surface area contributed by atoms with Crippen LogP contribution in [-0.2, 0) is 35.8 Å². The molecule has 4 aliphatic heterocycles. The Kier molecular flexibility index (Phi) is 20.3. The lowest BCUT2D eigenvalue weighted by molar-refractivity contribution is -0.132. The van der Waals surface area contributed by atoms with E-state index in [0.717, 1.165) is 112 Å². The number of aromatic nitrogens is 6. The molecule has 8 heterocycles. The first kappa shape index (κ1) is 59.1. The van der Waals surface area contributed by atoms with Crippen LogP contribution >= 0.6 is 11.6 Å². The van der Waals surface area contributed by atoms with Crippen molar-refractivity contribution in [3.8, 4) is 0 Å². The van der Waals surface area contributed by atoms with Crippen LogP contribution in [0.1, 0.15) is 24.0 Å². The molecule has 23 heteroatoms. The third kappa shape index (κ3) is 16.1. The molecular formula is C58H73ClN16O6. The molecule has 0 unspecified atom stereocenters. The maximum atomic E-state index is 12.7. The van der Waals surface area contributed by atoms with Gasteiger partial charge in [0.1, 0.15) is 11.3 Å². The standard InChI is InChI=1S/C29H36N8O3.C26H34N8O2.C3H3ClO/c1-4-25(38)36-19-22(20-36)10-11-37-26(39)9-8-23-17-30-28(32-27(23)37)31-24-7-5-6-21(16-24)18-34-12-14-35(15-13-34)29(40)33(2)3;1-31(2)26(36)33-12-10-32(11-13-33)18-19-4-3-5-22(14-19)29-25-28-17-21-6-7-23(35)34(24(21)30-25)9-8-20-15-27-16-20;1-2-3(4)5/h4-9,16-17,22H,1,10-15,18-20H2,2-3H3,(H,30,31,32);3-7,14,17,20,27H,8-13,15-16,18H2,1-2H3,(H,28,29,30);2H,1H2. The van der Waals surface area contributed by atoms with Crippen LogP contribution in [0, 0.1) is 11.8 Å². The molecule has 81 heavy (non-hydrogen) atoms. The number of rotatable bonds is 16. The first-order valence-electron chi connectivity index (χ1n) is 27.3. The Bertz CT molecular complexity index is 3320. The molecule has 5 amide bonds. The highest BCUT2D eigenvalue weighted by Gasteiger charge is 2.29. The van der Waals surface area contributed by atoms with Crippen LogP contribution in [0.25, 0.3) is 22.1 Å². The van der Waals surface area contributed by atoms with Gasteiger partial charge < -0.3 is 40.4 Å². The quantitative estimate of drug-likeness (QED) is 0.0832. The van der Waals surface area contributed by atoms with Gasteiger partial charge in [0.25, 0.3) is 11.1 Å². The molecule has 0 bridgehead atoms. The van der Waals surface area contributed by atoms with Gasteiger partial charge in [-0.2, -0.15) is 9.97 Å². The second-order valence-corrected chi connectivity index (χ2v) is 21.4. The Balaban J connectivity index is 0.000000197. The lowest BCUT2D eigenvalue weighted by Crippen LogP contribution is -2.51. The maximum absolute atomic E-state index is 12.7. The van der Waals surface area contributed by atoms with Crippen molar-refractivity contribution in [2.75, 3.05) is 117 Å². The highest BCUT2D eigenvalue weighted by molar-refractivity contribution is 6.66. The van der Waals surface area contributed by atoms with Crippen molar-refractivity contribution in [1.29, 1.82) is 0 Å². The molecule has 22 nitrogen and oxygen atoms in total. The van der Waals surface area contributed by atoms with E-state index in [4.69, 9.17) is 21.6 Å². The molecular weight excluding hydrogens is 1050 g/mol. The monoisotopic (exact) mass is 1120 g/mol. The minimum absolute atomic E-state index is 0.0335. The van der Waals surface area contributed by atoms with Crippen LogP contribution in [0.4, 0.5) is 32.9 Å². The Morgan fingerprint density at radius 3 is 1.43 bits per heavy atom. The normalized spacial score (nSPS) is 15.7. The van der Waals surface area contributed by atoms with Crippen LogP contribution in [0.15, 0.2) is 120 Å². The van der Waals surface area contributed by atoms with Gasteiger partial charge in [-0.3, -0.25) is 38.1 Å². The molecule has 4 aromatic heterocycles. The summed E-state index contributed by atoms with van der Waals surface area (Å²) < 4.78 is 3.45. The summed E-state index contributed by atoms with van der Waals surface area (Å²) in [6.07, 6.45) is 7.62. The summed E-state index contributed by atoms with van der Waals surface area (Å²) in [6.45, 7) is 19.0. The predicted octanol–water partition coefficient (Wildman–Crippen LogP) is 5.25. The number of carbonyl (C=O) groups excluding carboxylic acids is 4. The van der Waals surface area contributed by atoms with Gasteiger partial charge in [-0.15, -0.1) is 0 Å². The second kappa shape index (κ2) is 27.9. The Labute approximate surface area is 476 Å². The molecule has 10 rings (SSSR count). The topological polar surface area (TPSA) is 223 Å². The molecule has 2 aromatic carbocycles. The van der Waals surface area contributed by atoms with E-state index in [2.05, 4.69) is 73.1 Å². The van der Waals surface area contributed by atoms with E-state index in [0.29, 0.717) is 74.3 Å². The number of urea groups is 2. The number of fused-ring (bicyclic) bond motifs is 2. The third-order valence-electron chi connectivity index (χ3n) is 14.7. The smallest absolute Gasteiger partial charge is 0.319 e. The zero-order chi connectivity index (χ0) is 57.6. The summed E-state index contributed by atoms with van der Waals surface area (Å²) in [5.74, 6) is 1.81. The molecule has 0 atom stereocenters. The van der Waals surface area contributed by atoms with Gasteiger partial charge in [0.15, 0.2) is 0 Å². The zero-order valence-corrected chi connectivity index (χ0v) is 47.4. The van der Waals surface area contributed by atoms with Crippen molar-refractivity contribution in [2.24, 2.45) is 11.8 Å². The number of carbonyl (C=O) groups is 4. The van der Waals surface area contributed by atoms with Crippen molar-refractivity contribution >= 4 is 80.2 Å². The molecule has 428 valence electrons. The van der Waals surface area contributed by atoms with Crippen molar-refractivity contribution in [3.05, 3.63) is 142 Å². The van der Waals surface area contributed by atoms with Crippen LogP contribution in [0.3, 0.4) is 0 Å². The third-order valence-corrected chi connectivity index (χ3v) is 14.8. The average Bonchev–Trinajstić information content (AvgIpc) is 3.50. The number of likely N-dealkylation sites (tertiary alicyclic amines) is 1. The first-order chi connectivity index (χ1) is 39.0. The number of piperazine rings is 2. The molecule has 4 saturated heterocycles. The number of hydrogen-bond acceptors (Lipinski definition) is 15. The maximum Gasteiger partial charge on any atom is 0.319 e. The fourth-order valence-electron chi connectivity index (χ4n) is 9.96. The fourth-order valence-corrected chi connectivity index (χ4v) is 9.96. The second-order valence-electron chi connectivity index (χ2n) is 21.0. The number of amides is 5. The van der Waals surface area contributed by atoms with Gasteiger partial charge in [0.05, 0.1) is 0 Å². The fraction of sp³-hybridized carbons (Fsp3) is 0.414. The van der Waals surface area contributed by atoms with Crippen molar-refractivity contribution < 1.29 is 19.2 Å². The Morgan fingerprint density at radius 2 is 1.05 bits per heavy atom. The highest BCUT2D eigenvalue weighted by Crippen LogP contribution is 2.24. The van der Waals surface area contributed by atoms with Crippen molar-refractivity contribution in [3.63, 3.8) is 0 Å². The molecule has 4 fully saturated rings. The number of halogens is 1. The van der Waals surface area contributed by atoms with Crippen LogP contribution in [-0.4, -0.2) is 193 Å². The minimum atomic E-state index is -0.509. The molecule has 0 spiro atoms. The number of nitrogens with one attached hydrogen (secondary N) is 3. The number of aryl methyl sites for hydroxylation is 2. The average molecular weight is 1130 g/mol. The zero-order valence-electron chi connectivity index (χ0n) is 46.7.